The Hall–Kier alpha value is -1.39. The van der Waals surface area contributed by atoms with Crippen LogP contribution in [0.15, 0.2) is 41.1 Å². The van der Waals surface area contributed by atoms with Gasteiger partial charge in [-0.25, -0.2) is 0 Å². The van der Waals surface area contributed by atoms with E-state index in [9.17, 15) is 5.11 Å². The van der Waals surface area contributed by atoms with E-state index in [1.54, 1.807) is 12.3 Å². The van der Waals surface area contributed by atoms with E-state index in [1.165, 1.54) is 11.1 Å². The zero-order valence-corrected chi connectivity index (χ0v) is 11.7. The number of aryl methyl sites for hydroxylation is 1. The van der Waals surface area contributed by atoms with Gasteiger partial charge in [0.15, 0.2) is 0 Å². The Morgan fingerprint density at radius 2 is 2.00 bits per heavy atom. The number of rotatable bonds is 4. The summed E-state index contributed by atoms with van der Waals surface area (Å²) < 4.78 is 0.967. The van der Waals surface area contributed by atoms with Crippen LogP contribution in [0.5, 0.6) is 5.75 Å². The molecule has 2 aromatic rings. The zero-order chi connectivity index (χ0) is 13.0. The van der Waals surface area contributed by atoms with Crippen LogP contribution >= 0.6 is 15.9 Å². The third-order valence-electron chi connectivity index (χ3n) is 2.82. The molecule has 4 heteroatoms. The minimum Gasteiger partial charge on any atom is -0.508 e. The van der Waals surface area contributed by atoms with Crippen LogP contribution in [-0.4, -0.2) is 10.1 Å². The van der Waals surface area contributed by atoms with E-state index in [1.807, 2.05) is 24.4 Å². The minimum atomic E-state index is 0.314. The lowest BCUT2D eigenvalue weighted by molar-refractivity contribution is 0.464. The largest absolute Gasteiger partial charge is 0.508 e. The fourth-order valence-electron chi connectivity index (χ4n) is 1.71. The number of nitrogens with zero attached hydrogens (tertiary/aromatic N) is 1. The predicted molar refractivity (Wildman–Crippen MR) is 75.3 cm³/mol. The molecule has 18 heavy (non-hydrogen) atoms. The molecular weight excluding hydrogens is 292 g/mol. The lowest BCUT2D eigenvalue weighted by Crippen LogP contribution is -2.13. The summed E-state index contributed by atoms with van der Waals surface area (Å²) in [6.07, 6.45) is 3.65. The van der Waals surface area contributed by atoms with Gasteiger partial charge in [-0.2, -0.15) is 0 Å². The third kappa shape index (κ3) is 3.31. The predicted octanol–water partition coefficient (Wildman–Crippen LogP) is 3.15. The van der Waals surface area contributed by atoms with E-state index in [-0.39, 0.29) is 0 Å². The Morgan fingerprint density at radius 3 is 2.78 bits per heavy atom. The average Bonchev–Trinajstić information content (AvgIpc) is 2.36. The summed E-state index contributed by atoms with van der Waals surface area (Å²) >= 11 is 3.40. The van der Waals surface area contributed by atoms with Crippen LogP contribution in [0.3, 0.4) is 0 Å². The highest BCUT2D eigenvalue weighted by atomic mass is 79.9. The van der Waals surface area contributed by atoms with Crippen molar-refractivity contribution in [3.8, 4) is 5.75 Å². The molecule has 2 rings (SSSR count). The molecule has 0 saturated carbocycles. The van der Waals surface area contributed by atoms with Crippen LogP contribution in [0.2, 0.25) is 0 Å². The van der Waals surface area contributed by atoms with Crippen LogP contribution < -0.4 is 5.32 Å². The van der Waals surface area contributed by atoms with Crippen molar-refractivity contribution >= 4 is 15.9 Å². The summed E-state index contributed by atoms with van der Waals surface area (Å²) in [4.78, 5) is 4.11. The number of nitrogens with one attached hydrogen (secondary N) is 1. The SMILES string of the molecule is Cc1ccncc1CNCc1cc(Br)ccc1O. The van der Waals surface area contributed by atoms with Crippen molar-refractivity contribution in [2.24, 2.45) is 0 Å². The standard InChI is InChI=1S/C14H15BrN2O/c1-10-4-5-16-8-12(10)9-17-7-11-6-13(15)2-3-14(11)18/h2-6,8,17-18H,7,9H2,1H3. The molecule has 0 amide bonds. The molecule has 1 heterocycles. The van der Waals surface area contributed by atoms with Gasteiger partial charge in [0.25, 0.3) is 0 Å². The first-order chi connectivity index (χ1) is 8.66. The van der Waals surface area contributed by atoms with E-state index in [4.69, 9.17) is 0 Å². The molecule has 0 fully saturated rings. The van der Waals surface area contributed by atoms with Gasteiger partial charge in [-0.05, 0) is 42.3 Å². The molecule has 2 N–H and O–H groups in total. The van der Waals surface area contributed by atoms with E-state index in [2.05, 4.69) is 33.2 Å². The average molecular weight is 307 g/mol. The summed E-state index contributed by atoms with van der Waals surface area (Å²) in [6.45, 7) is 3.43. The molecule has 94 valence electrons. The molecule has 0 radical (unpaired) electrons. The summed E-state index contributed by atoms with van der Waals surface area (Å²) in [5.41, 5.74) is 3.27. The van der Waals surface area contributed by atoms with E-state index < -0.39 is 0 Å². The van der Waals surface area contributed by atoms with Crippen molar-refractivity contribution in [3.63, 3.8) is 0 Å². The molecule has 0 aliphatic carbocycles. The summed E-state index contributed by atoms with van der Waals surface area (Å²) in [6, 6.07) is 7.42. The number of hydrogen-bond donors (Lipinski definition) is 2. The second-order valence-electron chi connectivity index (χ2n) is 4.18. The topological polar surface area (TPSA) is 45.2 Å². The highest BCUT2D eigenvalue weighted by Crippen LogP contribution is 2.21. The van der Waals surface area contributed by atoms with Crippen molar-refractivity contribution in [1.29, 1.82) is 0 Å². The van der Waals surface area contributed by atoms with Crippen LogP contribution in [-0.2, 0) is 13.1 Å². The Bertz CT molecular complexity index is 543. The van der Waals surface area contributed by atoms with Crippen molar-refractivity contribution in [3.05, 3.63) is 57.8 Å². The molecule has 0 atom stereocenters. The second kappa shape index (κ2) is 5.98. The number of aromatic nitrogens is 1. The van der Waals surface area contributed by atoms with Crippen LogP contribution in [0.25, 0.3) is 0 Å². The van der Waals surface area contributed by atoms with Crippen molar-refractivity contribution in [2.45, 2.75) is 20.0 Å². The fourth-order valence-corrected chi connectivity index (χ4v) is 2.12. The number of halogens is 1. The van der Waals surface area contributed by atoms with Gasteiger partial charge in [0.05, 0.1) is 0 Å². The number of phenols is 1. The van der Waals surface area contributed by atoms with Crippen LogP contribution in [0.1, 0.15) is 16.7 Å². The molecule has 0 aliphatic rings. The summed E-state index contributed by atoms with van der Waals surface area (Å²) in [5.74, 6) is 0.314. The van der Waals surface area contributed by atoms with E-state index in [0.717, 1.165) is 16.6 Å². The summed E-state index contributed by atoms with van der Waals surface area (Å²) in [5, 5.41) is 13.0. The lowest BCUT2D eigenvalue weighted by atomic mass is 10.1. The Kier molecular flexibility index (Phi) is 4.33. The van der Waals surface area contributed by atoms with E-state index in [0.29, 0.717) is 12.3 Å². The van der Waals surface area contributed by atoms with Gasteiger partial charge in [0.2, 0.25) is 0 Å². The molecule has 0 spiro atoms. The Labute approximate surface area is 115 Å². The third-order valence-corrected chi connectivity index (χ3v) is 3.31. The van der Waals surface area contributed by atoms with Gasteiger partial charge in [0, 0.05) is 35.5 Å². The lowest BCUT2D eigenvalue weighted by Gasteiger charge is -2.09. The quantitative estimate of drug-likeness (QED) is 0.912. The molecule has 1 aromatic carbocycles. The van der Waals surface area contributed by atoms with Crippen molar-refractivity contribution in [2.75, 3.05) is 0 Å². The van der Waals surface area contributed by atoms with Gasteiger partial charge in [-0.1, -0.05) is 15.9 Å². The number of aromatic hydroxyl groups is 1. The van der Waals surface area contributed by atoms with E-state index >= 15 is 0 Å². The number of benzene rings is 1. The molecule has 0 saturated heterocycles. The van der Waals surface area contributed by atoms with Gasteiger partial charge < -0.3 is 10.4 Å². The number of hydrogen-bond acceptors (Lipinski definition) is 3. The number of phenolic OH excluding ortho intramolecular Hbond substituents is 1. The molecule has 0 unspecified atom stereocenters. The molecule has 3 nitrogen and oxygen atoms in total. The maximum atomic E-state index is 9.71. The first kappa shape index (κ1) is 13.1. The molecule has 1 aromatic heterocycles. The van der Waals surface area contributed by atoms with Gasteiger partial charge >= 0.3 is 0 Å². The van der Waals surface area contributed by atoms with Crippen LogP contribution in [0.4, 0.5) is 0 Å². The molecular formula is C14H15BrN2O. The second-order valence-corrected chi connectivity index (χ2v) is 5.09. The number of pyridine rings is 1. The normalized spacial score (nSPS) is 10.6. The maximum absolute atomic E-state index is 9.71. The summed E-state index contributed by atoms with van der Waals surface area (Å²) in [7, 11) is 0. The monoisotopic (exact) mass is 306 g/mol. The van der Waals surface area contributed by atoms with Crippen molar-refractivity contribution < 1.29 is 5.11 Å². The smallest absolute Gasteiger partial charge is 0.120 e. The Morgan fingerprint density at radius 1 is 1.22 bits per heavy atom. The van der Waals surface area contributed by atoms with Gasteiger partial charge in [0.1, 0.15) is 5.75 Å². The highest BCUT2D eigenvalue weighted by molar-refractivity contribution is 9.10. The fraction of sp³-hybridized carbons (Fsp3) is 0.214. The first-order valence-corrected chi connectivity index (χ1v) is 6.53. The van der Waals surface area contributed by atoms with Crippen molar-refractivity contribution in [1.82, 2.24) is 10.3 Å². The van der Waals surface area contributed by atoms with Gasteiger partial charge in [-0.3, -0.25) is 4.98 Å². The molecule has 0 bridgehead atoms. The maximum Gasteiger partial charge on any atom is 0.120 e. The Balaban J connectivity index is 1.96. The minimum absolute atomic E-state index is 0.314. The van der Waals surface area contributed by atoms with Gasteiger partial charge in [-0.15, -0.1) is 0 Å². The van der Waals surface area contributed by atoms with Crippen LogP contribution in [0, 0.1) is 6.92 Å². The zero-order valence-electron chi connectivity index (χ0n) is 10.2. The molecule has 0 aliphatic heterocycles. The first-order valence-electron chi connectivity index (χ1n) is 5.74. The highest BCUT2D eigenvalue weighted by Gasteiger charge is 2.02.